The first-order valence-corrected chi connectivity index (χ1v) is 4.22. The van der Waals surface area contributed by atoms with E-state index >= 15 is 0 Å². The molecule has 0 unspecified atom stereocenters. The van der Waals surface area contributed by atoms with Crippen molar-refractivity contribution in [3.8, 4) is 0 Å². The Morgan fingerprint density at radius 3 is 2.64 bits per heavy atom. The van der Waals surface area contributed by atoms with Gasteiger partial charge in [-0.05, 0) is 13.8 Å². The Labute approximate surface area is 81.0 Å². The third kappa shape index (κ3) is 1.81. The molecule has 0 saturated carbocycles. The molecule has 1 aromatic heterocycles. The first-order chi connectivity index (χ1) is 6.57. The van der Waals surface area contributed by atoms with Crippen LogP contribution in [0.25, 0.3) is 0 Å². The molecular weight excluding hydrogens is 186 g/mol. The Morgan fingerprint density at radius 1 is 1.50 bits per heavy atom. The van der Waals surface area contributed by atoms with Crippen LogP contribution in [-0.2, 0) is 4.74 Å². The van der Waals surface area contributed by atoms with Crippen molar-refractivity contribution in [3.05, 3.63) is 17.0 Å². The van der Waals surface area contributed by atoms with Crippen LogP contribution in [0.5, 0.6) is 0 Å². The molecule has 76 valence electrons. The maximum Gasteiger partial charge on any atom is 0.344 e. The highest BCUT2D eigenvalue weighted by Crippen LogP contribution is 2.15. The summed E-state index contributed by atoms with van der Waals surface area (Å²) in [6.07, 6.45) is 0. The second-order valence-electron chi connectivity index (χ2n) is 2.75. The highest BCUT2D eigenvalue weighted by molar-refractivity contribution is 6.03. The smallest absolute Gasteiger partial charge is 0.344 e. The van der Waals surface area contributed by atoms with Crippen LogP contribution in [0, 0.1) is 6.92 Å². The molecule has 0 bridgehead atoms. The summed E-state index contributed by atoms with van der Waals surface area (Å²) in [5, 5.41) is 3.54. The highest BCUT2D eigenvalue weighted by atomic mass is 16.5. The largest absolute Gasteiger partial charge is 0.462 e. The predicted molar refractivity (Wildman–Crippen MR) is 47.2 cm³/mol. The maximum absolute atomic E-state index is 11.4. The third-order valence-corrected chi connectivity index (χ3v) is 1.66. The number of rotatable bonds is 3. The summed E-state index contributed by atoms with van der Waals surface area (Å²) in [6, 6.07) is 0. The van der Waals surface area contributed by atoms with E-state index in [2.05, 4.69) is 5.16 Å². The van der Waals surface area contributed by atoms with Gasteiger partial charge in [-0.1, -0.05) is 5.16 Å². The van der Waals surface area contributed by atoms with E-state index < -0.39 is 5.97 Å². The average Bonchev–Trinajstić information content (AvgIpc) is 2.47. The summed E-state index contributed by atoms with van der Waals surface area (Å²) in [4.78, 5) is 22.4. The SMILES string of the molecule is CCOC(=O)c1c(C)noc1C(C)=O. The Hall–Kier alpha value is -1.65. The normalized spacial score (nSPS) is 9.93. The van der Waals surface area contributed by atoms with Crippen LogP contribution in [0.3, 0.4) is 0 Å². The van der Waals surface area contributed by atoms with Gasteiger partial charge in [-0.15, -0.1) is 0 Å². The van der Waals surface area contributed by atoms with Crippen molar-refractivity contribution in [3.63, 3.8) is 0 Å². The van der Waals surface area contributed by atoms with E-state index in [0.717, 1.165) is 0 Å². The fraction of sp³-hybridized carbons (Fsp3) is 0.444. The molecule has 0 aliphatic rings. The van der Waals surface area contributed by atoms with E-state index in [1.54, 1.807) is 13.8 Å². The minimum absolute atomic E-state index is 0.0408. The Morgan fingerprint density at radius 2 is 2.14 bits per heavy atom. The molecule has 0 spiro atoms. The molecule has 14 heavy (non-hydrogen) atoms. The summed E-state index contributed by atoms with van der Waals surface area (Å²) in [6.45, 7) is 4.83. The fourth-order valence-electron chi connectivity index (χ4n) is 1.05. The Kier molecular flexibility index (Phi) is 3.01. The summed E-state index contributed by atoms with van der Waals surface area (Å²) in [7, 11) is 0. The number of ether oxygens (including phenoxy) is 1. The van der Waals surface area contributed by atoms with Crippen LogP contribution in [-0.4, -0.2) is 23.5 Å². The molecule has 5 heteroatoms. The zero-order chi connectivity index (χ0) is 10.7. The van der Waals surface area contributed by atoms with Crippen molar-refractivity contribution in [2.24, 2.45) is 0 Å². The third-order valence-electron chi connectivity index (χ3n) is 1.66. The number of carbonyl (C=O) groups excluding carboxylic acids is 2. The summed E-state index contributed by atoms with van der Waals surface area (Å²) < 4.78 is 9.49. The number of esters is 1. The van der Waals surface area contributed by atoms with Gasteiger partial charge in [-0.3, -0.25) is 4.79 Å². The number of hydrogen-bond acceptors (Lipinski definition) is 5. The number of nitrogens with zero attached hydrogens (tertiary/aromatic N) is 1. The number of Topliss-reactive ketones (excluding diaryl/α,β-unsaturated/α-hetero) is 1. The van der Waals surface area contributed by atoms with Crippen molar-refractivity contribution in [2.75, 3.05) is 6.61 Å². The summed E-state index contributed by atoms with van der Waals surface area (Å²) in [5.41, 5.74) is 0.494. The minimum Gasteiger partial charge on any atom is -0.462 e. The monoisotopic (exact) mass is 197 g/mol. The van der Waals surface area contributed by atoms with Gasteiger partial charge in [-0.25, -0.2) is 4.79 Å². The molecule has 0 atom stereocenters. The Balaban J connectivity index is 3.11. The topological polar surface area (TPSA) is 69.4 Å². The van der Waals surface area contributed by atoms with Crippen molar-refractivity contribution in [2.45, 2.75) is 20.8 Å². The lowest BCUT2D eigenvalue weighted by Gasteiger charge is -1.99. The van der Waals surface area contributed by atoms with Gasteiger partial charge < -0.3 is 9.26 Å². The first-order valence-electron chi connectivity index (χ1n) is 4.22. The maximum atomic E-state index is 11.4. The molecule has 0 saturated heterocycles. The van der Waals surface area contributed by atoms with Gasteiger partial charge >= 0.3 is 5.97 Å². The van der Waals surface area contributed by atoms with Crippen LogP contribution in [0.4, 0.5) is 0 Å². The number of hydrogen-bond donors (Lipinski definition) is 0. The number of aryl methyl sites for hydroxylation is 1. The highest BCUT2D eigenvalue weighted by Gasteiger charge is 2.24. The molecule has 0 N–H and O–H groups in total. The van der Waals surface area contributed by atoms with E-state index in [-0.39, 0.29) is 23.7 Å². The summed E-state index contributed by atoms with van der Waals surface area (Å²) >= 11 is 0. The molecule has 1 aromatic rings. The second-order valence-corrected chi connectivity index (χ2v) is 2.75. The lowest BCUT2D eigenvalue weighted by atomic mass is 10.1. The lowest BCUT2D eigenvalue weighted by Crippen LogP contribution is -2.09. The molecule has 0 fully saturated rings. The van der Waals surface area contributed by atoms with Gasteiger partial charge in [0.05, 0.1) is 12.3 Å². The van der Waals surface area contributed by atoms with Gasteiger partial charge in [-0.2, -0.15) is 0 Å². The molecular formula is C9H11NO4. The predicted octanol–water partition coefficient (Wildman–Crippen LogP) is 1.36. The van der Waals surface area contributed by atoms with Crippen molar-refractivity contribution < 1.29 is 18.8 Å². The minimum atomic E-state index is -0.573. The van der Waals surface area contributed by atoms with Crippen molar-refractivity contribution in [1.29, 1.82) is 0 Å². The zero-order valence-corrected chi connectivity index (χ0v) is 8.29. The molecule has 0 aromatic carbocycles. The Bertz CT molecular complexity index is 367. The van der Waals surface area contributed by atoms with Crippen LogP contribution < -0.4 is 0 Å². The van der Waals surface area contributed by atoms with Crippen molar-refractivity contribution in [1.82, 2.24) is 5.16 Å². The fourth-order valence-corrected chi connectivity index (χ4v) is 1.05. The van der Waals surface area contributed by atoms with E-state index in [1.165, 1.54) is 6.92 Å². The molecule has 1 rings (SSSR count). The van der Waals surface area contributed by atoms with Gasteiger partial charge in [0.2, 0.25) is 5.76 Å². The van der Waals surface area contributed by atoms with Crippen LogP contribution in [0.1, 0.15) is 40.5 Å². The molecule has 0 radical (unpaired) electrons. The van der Waals surface area contributed by atoms with E-state index in [0.29, 0.717) is 5.69 Å². The quantitative estimate of drug-likeness (QED) is 0.540. The van der Waals surface area contributed by atoms with Gasteiger partial charge in [0, 0.05) is 6.92 Å². The first kappa shape index (κ1) is 10.4. The second kappa shape index (κ2) is 4.04. The van der Waals surface area contributed by atoms with E-state index in [1.807, 2.05) is 0 Å². The molecule has 0 aliphatic heterocycles. The lowest BCUT2D eigenvalue weighted by molar-refractivity contribution is 0.0520. The number of ketones is 1. The summed E-state index contributed by atoms with van der Waals surface area (Å²) in [5.74, 6) is -0.953. The average molecular weight is 197 g/mol. The number of aromatic nitrogens is 1. The van der Waals surface area contributed by atoms with Crippen LogP contribution in [0.2, 0.25) is 0 Å². The van der Waals surface area contributed by atoms with Gasteiger partial charge in [0.1, 0.15) is 5.56 Å². The van der Waals surface area contributed by atoms with Gasteiger partial charge in [0.15, 0.2) is 5.78 Å². The van der Waals surface area contributed by atoms with E-state index in [4.69, 9.17) is 9.26 Å². The van der Waals surface area contributed by atoms with Gasteiger partial charge in [0.25, 0.3) is 0 Å². The molecule has 1 heterocycles. The van der Waals surface area contributed by atoms with Crippen LogP contribution >= 0.6 is 0 Å². The molecule has 0 aliphatic carbocycles. The molecule has 0 amide bonds. The standard InChI is InChI=1S/C9H11NO4/c1-4-13-9(12)7-5(2)10-14-8(7)6(3)11/h4H2,1-3H3. The zero-order valence-electron chi connectivity index (χ0n) is 8.29. The van der Waals surface area contributed by atoms with Crippen LogP contribution in [0.15, 0.2) is 4.52 Å². The molecule has 5 nitrogen and oxygen atoms in total. The van der Waals surface area contributed by atoms with E-state index in [9.17, 15) is 9.59 Å². The van der Waals surface area contributed by atoms with Crippen molar-refractivity contribution >= 4 is 11.8 Å². The number of carbonyl (C=O) groups is 2.